The molecule has 0 radical (unpaired) electrons. The number of aromatic nitrogens is 1. The topological polar surface area (TPSA) is 43.1 Å². The number of fused-ring (bicyclic) bond motifs is 1. The Balaban J connectivity index is 2.56. The van der Waals surface area contributed by atoms with Crippen LogP contribution < -0.4 is 0 Å². The van der Waals surface area contributed by atoms with Gasteiger partial charge in [-0.2, -0.15) is 0 Å². The summed E-state index contributed by atoms with van der Waals surface area (Å²) >= 11 is 5.40. The Morgan fingerprint density at radius 1 is 1.57 bits per heavy atom. The Bertz CT molecular complexity index is 490. The number of hydrogen-bond acceptors (Lipinski definition) is 3. The van der Waals surface area contributed by atoms with Gasteiger partial charge in [0.1, 0.15) is 5.52 Å². The lowest BCUT2D eigenvalue weighted by Crippen LogP contribution is -1.99. The maximum absolute atomic E-state index is 11.2. The number of oxazole rings is 1. The van der Waals surface area contributed by atoms with Crippen molar-refractivity contribution in [1.29, 1.82) is 0 Å². The van der Waals surface area contributed by atoms with Crippen molar-refractivity contribution in [2.24, 2.45) is 0 Å². The van der Waals surface area contributed by atoms with Crippen LogP contribution in [0.15, 0.2) is 22.6 Å². The van der Waals surface area contributed by atoms with E-state index < -0.39 is 0 Å². The van der Waals surface area contributed by atoms with Crippen LogP contribution >= 0.6 is 11.6 Å². The van der Waals surface area contributed by atoms with E-state index in [0.717, 1.165) is 5.56 Å². The zero-order valence-electron chi connectivity index (χ0n) is 7.58. The number of nitrogens with zero attached hydrogens (tertiary/aromatic N) is 1. The summed E-state index contributed by atoms with van der Waals surface area (Å²) in [5.74, 6) is -0.313. The van der Waals surface area contributed by atoms with E-state index in [4.69, 9.17) is 16.0 Å². The van der Waals surface area contributed by atoms with Gasteiger partial charge in [0.05, 0.1) is 5.88 Å². The van der Waals surface area contributed by atoms with Gasteiger partial charge in [-0.25, -0.2) is 4.98 Å². The van der Waals surface area contributed by atoms with Crippen molar-refractivity contribution in [3.63, 3.8) is 0 Å². The number of aryl methyl sites for hydroxylation is 1. The van der Waals surface area contributed by atoms with E-state index in [1.165, 1.54) is 0 Å². The minimum atomic E-state index is -0.291. The number of benzene rings is 1. The molecular weight excluding hydrogens is 202 g/mol. The lowest BCUT2D eigenvalue weighted by Gasteiger charge is -1.88. The van der Waals surface area contributed by atoms with Crippen LogP contribution in [0.5, 0.6) is 0 Å². The molecule has 0 spiro atoms. The van der Waals surface area contributed by atoms with Gasteiger partial charge in [-0.15, -0.1) is 11.6 Å². The van der Waals surface area contributed by atoms with E-state index in [1.807, 2.05) is 25.1 Å². The molecule has 0 aliphatic carbocycles. The van der Waals surface area contributed by atoms with Crippen LogP contribution in [-0.4, -0.2) is 16.6 Å². The number of Topliss-reactive ketones (excluding diaryl/α,β-unsaturated/α-hetero) is 1. The lowest BCUT2D eigenvalue weighted by molar-refractivity contribution is 0.0986. The van der Waals surface area contributed by atoms with Crippen molar-refractivity contribution >= 4 is 28.5 Å². The number of rotatable bonds is 2. The molecule has 0 aliphatic rings. The van der Waals surface area contributed by atoms with Gasteiger partial charge in [-0.3, -0.25) is 4.79 Å². The van der Waals surface area contributed by atoms with Crippen molar-refractivity contribution in [3.05, 3.63) is 29.7 Å². The molecule has 1 aromatic heterocycles. The highest BCUT2D eigenvalue weighted by atomic mass is 35.5. The molecule has 0 fully saturated rings. The molecule has 0 bridgehead atoms. The van der Waals surface area contributed by atoms with Crippen LogP contribution in [0.3, 0.4) is 0 Å². The molecule has 0 N–H and O–H groups in total. The third-order valence-corrected chi connectivity index (χ3v) is 2.15. The minimum Gasteiger partial charge on any atom is -0.434 e. The Morgan fingerprint density at radius 3 is 3.07 bits per heavy atom. The van der Waals surface area contributed by atoms with Gasteiger partial charge in [0, 0.05) is 0 Å². The van der Waals surface area contributed by atoms with Crippen LogP contribution in [0.4, 0.5) is 0 Å². The molecule has 72 valence electrons. The monoisotopic (exact) mass is 209 g/mol. The normalized spacial score (nSPS) is 10.7. The summed E-state index contributed by atoms with van der Waals surface area (Å²) in [7, 11) is 0. The fourth-order valence-electron chi connectivity index (χ4n) is 1.21. The fourth-order valence-corrected chi connectivity index (χ4v) is 1.32. The Hall–Kier alpha value is -1.35. The third kappa shape index (κ3) is 1.51. The molecule has 0 saturated carbocycles. The highest BCUT2D eigenvalue weighted by molar-refractivity contribution is 6.29. The molecule has 14 heavy (non-hydrogen) atoms. The predicted octanol–water partition coefficient (Wildman–Crippen LogP) is 2.56. The molecule has 3 nitrogen and oxygen atoms in total. The summed E-state index contributed by atoms with van der Waals surface area (Å²) < 4.78 is 5.26. The van der Waals surface area contributed by atoms with E-state index in [1.54, 1.807) is 0 Å². The Morgan fingerprint density at radius 2 is 2.36 bits per heavy atom. The van der Waals surface area contributed by atoms with Crippen LogP contribution in [-0.2, 0) is 0 Å². The number of halogens is 1. The molecule has 0 atom stereocenters. The zero-order chi connectivity index (χ0) is 10.1. The molecule has 4 heteroatoms. The standard InChI is InChI=1S/C10H8ClNO2/c1-6-2-3-7-9(4-6)14-10(12-7)8(13)5-11/h2-4H,5H2,1H3. The van der Waals surface area contributed by atoms with Gasteiger partial charge < -0.3 is 4.42 Å². The van der Waals surface area contributed by atoms with E-state index in [9.17, 15) is 4.79 Å². The van der Waals surface area contributed by atoms with Gasteiger partial charge in [0.25, 0.3) is 5.89 Å². The van der Waals surface area contributed by atoms with Crippen molar-refractivity contribution in [2.75, 3.05) is 5.88 Å². The van der Waals surface area contributed by atoms with Crippen molar-refractivity contribution < 1.29 is 9.21 Å². The molecule has 0 aliphatic heterocycles. The van der Waals surface area contributed by atoms with Crippen LogP contribution in [0.1, 0.15) is 16.2 Å². The van der Waals surface area contributed by atoms with Crippen LogP contribution in [0.25, 0.3) is 11.1 Å². The maximum Gasteiger partial charge on any atom is 0.265 e. The van der Waals surface area contributed by atoms with Gasteiger partial charge >= 0.3 is 0 Å². The first-order chi connectivity index (χ1) is 6.70. The molecule has 2 rings (SSSR count). The van der Waals surface area contributed by atoms with Crippen molar-refractivity contribution in [3.8, 4) is 0 Å². The number of hydrogen-bond donors (Lipinski definition) is 0. The number of carbonyl (C=O) groups excluding carboxylic acids is 1. The van der Waals surface area contributed by atoms with Gasteiger partial charge in [-0.1, -0.05) is 6.07 Å². The van der Waals surface area contributed by atoms with E-state index >= 15 is 0 Å². The summed E-state index contributed by atoms with van der Waals surface area (Å²) in [6.07, 6.45) is 0. The second-order valence-electron chi connectivity index (χ2n) is 3.05. The first kappa shape index (κ1) is 9.21. The fraction of sp³-hybridized carbons (Fsp3) is 0.200. The maximum atomic E-state index is 11.2. The van der Waals surface area contributed by atoms with Gasteiger partial charge in [0.2, 0.25) is 5.78 Å². The van der Waals surface area contributed by atoms with Crippen molar-refractivity contribution in [2.45, 2.75) is 6.92 Å². The number of carbonyl (C=O) groups is 1. The summed E-state index contributed by atoms with van der Waals surface area (Å²) in [6, 6.07) is 5.58. The average Bonchev–Trinajstić information content (AvgIpc) is 2.59. The Labute approximate surface area is 85.7 Å². The highest BCUT2D eigenvalue weighted by Gasteiger charge is 2.12. The van der Waals surface area contributed by atoms with Crippen LogP contribution in [0.2, 0.25) is 0 Å². The molecular formula is C10H8ClNO2. The summed E-state index contributed by atoms with van der Waals surface area (Å²) in [5, 5.41) is 0. The molecule has 0 amide bonds. The van der Waals surface area contributed by atoms with E-state index in [-0.39, 0.29) is 17.6 Å². The van der Waals surface area contributed by atoms with Gasteiger partial charge in [0.15, 0.2) is 5.58 Å². The summed E-state index contributed by atoms with van der Waals surface area (Å²) in [5.41, 5.74) is 2.38. The number of ketones is 1. The molecule has 0 saturated heterocycles. The molecule has 1 aromatic carbocycles. The van der Waals surface area contributed by atoms with E-state index in [0.29, 0.717) is 11.1 Å². The third-order valence-electron chi connectivity index (χ3n) is 1.90. The first-order valence-corrected chi connectivity index (χ1v) is 4.70. The number of alkyl halides is 1. The zero-order valence-corrected chi connectivity index (χ0v) is 8.34. The van der Waals surface area contributed by atoms with Gasteiger partial charge in [-0.05, 0) is 24.6 Å². The predicted molar refractivity (Wildman–Crippen MR) is 53.8 cm³/mol. The van der Waals surface area contributed by atoms with Crippen LogP contribution in [0, 0.1) is 6.92 Å². The smallest absolute Gasteiger partial charge is 0.265 e. The minimum absolute atomic E-state index is 0.0839. The average molecular weight is 210 g/mol. The summed E-state index contributed by atoms with van der Waals surface area (Å²) in [6.45, 7) is 1.95. The SMILES string of the molecule is Cc1ccc2nc(C(=O)CCl)oc2c1. The lowest BCUT2D eigenvalue weighted by atomic mass is 10.2. The first-order valence-electron chi connectivity index (χ1n) is 4.17. The highest BCUT2D eigenvalue weighted by Crippen LogP contribution is 2.17. The largest absolute Gasteiger partial charge is 0.434 e. The van der Waals surface area contributed by atoms with E-state index in [2.05, 4.69) is 4.98 Å². The van der Waals surface area contributed by atoms with Crippen molar-refractivity contribution in [1.82, 2.24) is 4.98 Å². The molecule has 1 heterocycles. The molecule has 0 unspecified atom stereocenters. The summed E-state index contributed by atoms with van der Waals surface area (Å²) in [4.78, 5) is 15.2. The second kappa shape index (κ2) is 3.42. The second-order valence-corrected chi connectivity index (χ2v) is 3.31. The quantitative estimate of drug-likeness (QED) is 0.564. The molecule has 2 aromatic rings. The Kier molecular flexibility index (Phi) is 2.25.